The van der Waals surface area contributed by atoms with Gasteiger partial charge in [-0.05, 0) is 43.0 Å². The van der Waals surface area contributed by atoms with Gasteiger partial charge in [-0.1, -0.05) is 78.4 Å². The normalized spacial score (nSPS) is 22.1. The summed E-state index contributed by atoms with van der Waals surface area (Å²) in [5.74, 6) is 0. The minimum Gasteiger partial charge on any atom is -0.265 e. The summed E-state index contributed by atoms with van der Waals surface area (Å²) < 4.78 is 28.3. The van der Waals surface area contributed by atoms with Crippen molar-refractivity contribution in [1.29, 1.82) is 0 Å². The third kappa shape index (κ3) is 2.85. The molecule has 0 bridgehead atoms. The molecule has 4 heteroatoms. The van der Waals surface area contributed by atoms with E-state index in [4.69, 9.17) is 0 Å². The number of anilines is 1. The Kier molecular flexibility index (Phi) is 4.31. The minimum absolute atomic E-state index is 0.368. The molecule has 1 atom stereocenters. The zero-order valence-electron chi connectivity index (χ0n) is 15.6. The molecule has 0 N–H and O–H groups in total. The Morgan fingerprint density at radius 1 is 0.963 bits per heavy atom. The van der Waals surface area contributed by atoms with Gasteiger partial charge in [0.2, 0.25) is 10.0 Å². The van der Waals surface area contributed by atoms with Crippen LogP contribution >= 0.6 is 0 Å². The van der Waals surface area contributed by atoms with Crippen molar-refractivity contribution >= 4 is 27.4 Å². The first-order valence-electron chi connectivity index (χ1n) is 9.15. The summed E-state index contributed by atoms with van der Waals surface area (Å²) in [4.78, 5) is 0. The van der Waals surface area contributed by atoms with Gasteiger partial charge in [0.15, 0.2) is 0 Å². The van der Waals surface area contributed by atoms with Crippen molar-refractivity contribution in [1.82, 2.24) is 0 Å². The van der Waals surface area contributed by atoms with Crippen molar-refractivity contribution in [3.8, 4) is 0 Å². The van der Waals surface area contributed by atoms with Gasteiger partial charge < -0.3 is 0 Å². The number of fused-ring (bicyclic) bond motifs is 1. The Bertz CT molecular complexity index is 1060. The summed E-state index contributed by atoms with van der Waals surface area (Å²) >= 11 is 0. The fourth-order valence-electron chi connectivity index (χ4n) is 3.81. The minimum atomic E-state index is -3.62. The molecule has 4 rings (SSSR count). The van der Waals surface area contributed by atoms with Crippen LogP contribution in [0, 0.1) is 0 Å². The van der Waals surface area contributed by atoms with Gasteiger partial charge in [-0.2, -0.15) is 0 Å². The molecule has 2 aromatic rings. The molecule has 0 radical (unpaired) electrons. The van der Waals surface area contributed by atoms with E-state index >= 15 is 0 Å². The average Bonchev–Trinajstić information content (AvgIpc) is 2.70. The van der Waals surface area contributed by atoms with Crippen molar-refractivity contribution in [3.05, 3.63) is 89.5 Å². The van der Waals surface area contributed by atoms with E-state index in [2.05, 4.69) is 0 Å². The van der Waals surface area contributed by atoms with Crippen molar-refractivity contribution in [2.45, 2.75) is 25.0 Å². The number of benzene rings is 2. The van der Waals surface area contributed by atoms with E-state index in [0.717, 1.165) is 28.0 Å². The van der Waals surface area contributed by atoms with Gasteiger partial charge in [0.05, 0.1) is 12.2 Å². The van der Waals surface area contributed by atoms with Crippen LogP contribution in [0.25, 0.3) is 11.6 Å². The largest absolute Gasteiger partial charge is 0.265 e. The van der Waals surface area contributed by atoms with Gasteiger partial charge >= 0.3 is 0 Å². The topological polar surface area (TPSA) is 37.4 Å². The SMILES string of the molecule is CC1=CC=C(c2ccccc2)CC1(C)S(=O)(=O)N1CC=Cc2ccccc21. The molecule has 3 nitrogen and oxygen atoms in total. The summed E-state index contributed by atoms with van der Waals surface area (Å²) in [6.45, 7) is 4.14. The second-order valence-corrected chi connectivity index (χ2v) is 9.60. The Labute approximate surface area is 161 Å². The van der Waals surface area contributed by atoms with Crippen LogP contribution in [-0.4, -0.2) is 19.7 Å². The van der Waals surface area contributed by atoms with Gasteiger partial charge in [0, 0.05) is 0 Å². The molecule has 2 aliphatic rings. The quantitative estimate of drug-likeness (QED) is 0.751. The van der Waals surface area contributed by atoms with Gasteiger partial charge in [-0.3, -0.25) is 4.31 Å². The molecular formula is C23H23NO2S. The van der Waals surface area contributed by atoms with Crippen LogP contribution in [0.5, 0.6) is 0 Å². The maximum atomic E-state index is 13.8. The van der Waals surface area contributed by atoms with E-state index in [0.29, 0.717) is 13.0 Å². The van der Waals surface area contributed by atoms with Crippen LogP contribution in [0.4, 0.5) is 5.69 Å². The number of hydrogen-bond acceptors (Lipinski definition) is 2. The highest BCUT2D eigenvalue weighted by molar-refractivity contribution is 7.94. The molecule has 27 heavy (non-hydrogen) atoms. The van der Waals surface area contributed by atoms with Crippen molar-refractivity contribution < 1.29 is 8.42 Å². The second kappa shape index (κ2) is 6.54. The molecule has 0 amide bonds. The zero-order chi connectivity index (χ0) is 19.1. The van der Waals surface area contributed by atoms with Crippen LogP contribution < -0.4 is 4.31 Å². The Hall–Kier alpha value is -2.59. The number of rotatable bonds is 3. The summed E-state index contributed by atoms with van der Waals surface area (Å²) in [5, 5.41) is 0. The van der Waals surface area contributed by atoms with Crippen molar-refractivity contribution in [2.24, 2.45) is 0 Å². The standard InChI is InChI=1S/C23H23NO2S/c1-18-14-15-21(19-9-4-3-5-10-19)17-23(18,2)27(25,26)24-16-8-12-20-11-6-7-13-22(20)24/h3-15H,16-17H2,1-2H3. The molecular weight excluding hydrogens is 354 g/mol. The first kappa shape index (κ1) is 17.8. The van der Waals surface area contributed by atoms with Crippen LogP contribution in [-0.2, 0) is 10.0 Å². The van der Waals surface area contributed by atoms with E-state index in [-0.39, 0.29) is 0 Å². The molecule has 0 spiro atoms. The van der Waals surface area contributed by atoms with Gasteiger partial charge in [-0.15, -0.1) is 0 Å². The highest BCUT2D eigenvalue weighted by atomic mass is 32.2. The van der Waals surface area contributed by atoms with Gasteiger partial charge in [0.1, 0.15) is 4.75 Å². The molecule has 1 aliphatic heterocycles. The van der Waals surface area contributed by atoms with Gasteiger partial charge in [0.25, 0.3) is 0 Å². The van der Waals surface area contributed by atoms with E-state index in [1.807, 2.05) is 92.7 Å². The lowest BCUT2D eigenvalue weighted by molar-refractivity contribution is 0.553. The fourth-order valence-corrected chi connectivity index (χ4v) is 5.82. The van der Waals surface area contributed by atoms with E-state index < -0.39 is 14.8 Å². The van der Waals surface area contributed by atoms with Crippen LogP contribution in [0.15, 0.2) is 78.4 Å². The lowest BCUT2D eigenvalue weighted by Crippen LogP contribution is -2.49. The molecule has 0 saturated heterocycles. The monoisotopic (exact) mass is 377 g/mol. The second-order valence-electron chi connectivity index (χ2n) is 7.31. The molecule has 138 valence electrons. The highest BCUT2D eigenvalue weighted by Gasteiger charge is 2.46. The van der Waals surface area contributed by atoms with Gasteiger partial charge in [-0.25, -0.2) is 8.42 Å². The highest BCUT2D eigenvalue weighted by Crippen LogP contribution is 2.43. The van der Waals surface area contributed by atoms with E-state index in [1.165, 1.54) is 0 Å². The number of nitrogens with zero attached hydrogens (tertiary/aromatic N) is 1. The summed E-state index contributed by atoms with van der Waals surface area (Å²) in [7, 11) is -3.62. The van der Waals surface area contributed by atoms with Crippen LogP contribution in [0.3, 0.4) is 0 Å². The maximum Gasteiger partial charge on any atom is 0.245 e. The molecule has 1 heterocycles. The summed E-state index contributed by atoms with van der Waals surface area (Å²) in [5.41, 5.74) is 4.68. The predicted octanol–water partition coefficient (Wildman–Crippen LogP) is 5.04. The Morgan fingerprint density at radius 3 is 2.44 bits per heavy atom. The van der Waals surface area contributed by atoms with Crippen molar-refractivity contribution in [3.63, 3.8) is 0 Å². The summed E-state index contributed by atoms with van der Waals surface area (Å²) in [6, 6.07) is 17.7. The van der Waals surface area contributed by atoms with Crippen molar-refractivity contribution in [2.75, 3.05) is 10.8 Å². The zero-order valence-corrected chi connectivity index (χ0v) is 16.4. The molecule has 0 aromatic heterocycles. The number of sulfonamides is 1. The molecule has 0 saturated carbocycles. The number of allylic oxidation sites excluding steroid dienone is 3. The smallest absolute Gasteiger partial charge is 0.245 e. The molecule has 2 aromatic carbocycles. The lowest BCUT2D eigenvalue weighted by Gasteiger charge is -2.40. The average molecular weight is 378 g/mol. The number of para-hydroxylation sites is 1. The maximum absolute atomic E-state index is 13.8. The molecule has 1 aliphatic carbocycles. The predicted molar refractivity (Wildman–Crippen MR) is 113 cm³/mol. The molecule has 1 unspecified atom stereocenters. The van der Waals surface area contributed by atoms with E-state index in [9.17, 15) is 8.42 Å². The third-order valence-electron chi connectivity index (χ3n) is 5.67. The Balaban J connectivity index is 1.77. The third-order valence-corrected chi connectivity index (χ3v) is 8.21. The first-order chi connectivity index (χ1) is 12.9. The van der Waals surface area contributed by atoms with E-state index in [1.54, 1.807) is 4.31 Å². The molecule has 0 fully saturated rings. The van der Waals surface area contributed by atoms with Crippen LogP contribution in [0.2, 0.25) is 0 Å². The Morgan fingerprint density at radius 2 is 1.67 bits per heavy atom. The summed E-state index contributed by atoms with van der Waals surface area (Å²) in [6.07, 6.45) is 8.37. The lowest BCUT2D eigenvalue weighted by atomic mass is 9.85. The fraction of sp³-hybridized carbons (Fsp3) is 0.217. The number of hydrogen-bond donors (Lipinski definition) is 0. The first-order valence-corrected chi connectivity index (χ1v) is 10.6. The van der Waals surface area contributed by atoms with Crippen LogP contribution in [0.1, 0.15) is 31.4 Å².